The number of anilines is 2. The Labute approximate surface area is 303 Å². The van der Waals surface area contributed by atoms with Crippen molar-refractivity contribution in [2.45, 2.75) is 107 Å². The van der Waals surface area contributed by atoms with Crippen LogP contribution >= 0.6 is 11.8 Å². The van der Waals surface area contributed by atoms with Crippen LogP contribution in [0.5, 0.6) is 5.75 Å². The van der Waals surface area contributed by atoms with Gasteiger partial charge in [-0.3, -0.25) is 14.4 Å². The van der Waals surface area contributed by atoms with Gasteiger partial charge < -0.3 is 35.6 Å². The second-order valence-corrected chi connectivity index (χ2v) is 14.7. The van der Waals surface area contributed by atoms with E-state index >= 15 is 0 Å². The van der Waals surface area contributed by atoms with Crippen LogP contribution in [0.1, 0.15) is 77.2 Å². The zero-order valence-electron chi connectivity index (χ0n) is 29.5. The molecule has 0 spiro atoms. The maximum atomic E-state index is 13.6. The number of ether oxygens (including phenoxy) is 2. The number of hydrogen-bond donors (Lipinski definition) is 5. The Kier molecular flexibility index (Phi) is 13.0. The topological polar surface area (TPSA) is 163 Å². The number of aliphatic hydroxyl groups is 1. The quantitative estimate of drug-likeness (QED) is 0.110. The highest BCUT2D eigenvalue weighted by Crippen LogP contribution is 2.45. The summed E-state index contributed by atoms with van der Waals surface area (Å²) in [7, 11) is 1.51. The van der Waals surface area contributed by atoms with Crippen LogP contribution in [0.25, 0.3) is 0 Å². The van der Waals surface area contributed by atoms with Gasteiger partial charge in [0.05, 0.1) is 40.7 Å². The zero-order chi connectivity index (χ0) is 36.5. The fraction of sp³-hybridized carbons (Fsp3) is 0.487. The minimum Gasteiger partial charge on any atom is -0.505 e. The second-order valence-electron chi connectivity index (χ2n) is 13.7. The van der Waals surface area contributed by atoms with Gasteiger partial charge in [0.2, 0.25) is 17.7 Å². The first kappa shape index (κ1) is 38.1. The Balaban J connectivity index is 1.38. The van der Waals surface area contributed by atoms with Crippen molar-refractivity contribution in [2.24, 2.45) is 5.92 Å². The van der Waals surface area contributed by atoms with E-state index in [1.54, 1.807) is 30.4 Å². The van der Waals surface area contributed by atoms with Gasteiger partial charge in [0.1, 0.15) is 17.4 Å². The average molecular weight is 720 g/mol. The molecule has 12 heteroatoms. The first-order valence-electron chi connectivity index (χ1n) is 17.7. The van der Waals surface area contributed by atoms with Crippen molar-refractivity contribution < 1.29 is 38.9 Å². The largest absolute Gasteiger partial charge is 0.505 e. The molecule has 0 saturated heterocycles. The number of amides is 3. The molecule has 2 aliphatic heterocycles. The van der Waals surface area contributed by atoms with E-state index in [1.807, 2.05) is 38.2 Å². The number of allylic oxidation sites excluding steroid dienone is 6. The van der Waals surface area contributed by atoms with Crippen LogP contribution in [-0.2, 0) is 35.1 Å². The lowest BCUT2D eigenvalue weighted by Gasteiger charge is -2.30. The van der Waals surface area contributed by atoms with Crippen molar-refractivity contribution in [3.63, 3.8) is 0 Å². The Morgan fingerprint density at radius 1 is 1.02 bits per heavy atom. The molecular weight excluding hydrogens is 671 g/mol. The smallest absolute Gasteiger partial charge is 0.332 e. The fourth-order valence-corrected chi connectivity index (χ4v) is 7.36. The van der Waals surface area contributed by atoms with Gasteiger partial charge in [0.25, 0.3) is 0 Å². The van der Waals surface area contributed by atoms with Gasteiger partial charge >= 0.3 is 5.97 Å². The number of rotatable bonds is 5. The molecule has 1 aromatic rings. The van der Waals surface area contributed by atoms with Crippen molar-refractivity contribution in [3.8, 4) is 5.75 Å². The number of hydrogen-bond acceptors (Lipinski definition) is 9. The van der Waals surface area contributed by atoms with Gasteiger partial charge in [-0.2, -0.15) is 0 Å². The number of carbonyl (C=O) groups excluding carboxylic acids is 4. The second kappa shape index (κ2) is 17.4. The van der Waals surface area contributed by atoms with Crippen molar-refractivity contribution in [3.05, 3.63) is 71.4 Å². The summed E-state index contributed by atoms with van der Waals surface area (Å²) >= 11 is 1.24. The molecule has 274 valence electrons. The average Bonchev–Trinajstić information content (AvgIpc) is 3.91. The van der Waals surface area contributed by atoms with Crippen LogP contribution in [0.2, 0.25) is 0 Å². The van der Waals surface area contributed by atoms with E-state index in [1.165, 1.54) is 18.9 Å². The molecule has 0 radical (unpaired) electrons. The predicted octanol–water partition coefficient (Wildman–Crippen LogP) is 5.79. The van der Waals surface area contributed by atoms with Gasteiger partial charge in [0.15, 0.2) is 0 Å². The summed E-state index contributed by atoms with van der Waals surface area (Å²) in [5, 5.41) is 31.4. The standard InChI is InChI=1S/C39H49N3O8S/c1-24-13-12-16-27-21-29-36(51-23-32(44)40-29)33(35(27)46)41-31(43)22-28(49-3)17-10-5-4-6-11-18-30(25(2)34(24)45)50-38(48)39(19-20-39)42-37(47)26-14-8-7-9-15-26/h4-6,10-11,13-14,17,21,25,28,30,34,45-46H,7-9,12,15-16,18-20,22-23H2,1-3H3,(H,40,44)(H,41,43)(H,42,47)/b5-4+,11-6+,17-10+,24-13-. The van der Waals surface area contributed by atoms with Crippen LogP contribution in [0.15, 0.2) is 70.7 Å². The Bertz CT molecular complexity index is 1660. The molecule has 11 nitrogen and oxygen atoms in total. The SMILES string of the molecule is COC1/C=C/C=C/C=C/CC(OC(=O)C2(NC(=O)C3=CCCCC3)CC2)C(C)C(O)/C(C)=C\CCc2cc3c(c(c2O)NC(=O)C1)SCC(=O)N3. The number of phenols is 1. The normalized spacial score (nSPS) is 28.5. The Morgan fingerprint density at radius 2 is 1.80 bits per heavy atom. The maximum absolute atomic E-state index is 13.6. The minimum absolute atomic E-state index is 0.00352. The predicted molar refractivity (Wildman–Crippen MR) is 197 cm³/mol. The van der Waals surface area contributed by atoms with E-state index < -0.39 is 35.7 Å². The molecular formula is C39H49N3O8S. The summed E-state index contributed by atoms with van der Waals surface area (Å²) in [5.41, 5.74) is 1.61. The molecule has 4 unspecified atom stereocenters. The molecule has 5 N–H and O–H groups in total. The third kappa shape index (κ3) is 9.81. The van der Waals surface area contributed by atoms with Crippen molar-refractivity contribution in [2.75, 3.05) is 23.5 Å². The number of thioether (sulfide) groups is 1. The van der Waals surface area contributed by atoms with Crippen LogP contribution in [-0.4, -0.2) is 70.6 Å². The third-order valence-corrected chi connectivity index (χ3v) is 11.0. The lowest BCUT2D eigenvalue weighted by Crippen LogP contribution is -2.47. The molecule has 5 rings (SSSR count). The number of aliphatic hydroxyl groups excluding tert-OH is 1. The summed E-state index contributed by atoms with van der Waals surface area (Å²) in [6.07, 6.45) is 18.1. The van der Waals surface area contributed by atoms with Crippen LogP contribution < -0.4 is 16.0 Å². The molecule has 3 amide bonds. The lowest BCUT2D eigenvalue weighted by molar-refractivity contribution is -0.158. The van der Waals surface area contributed by atoms with Gasteiger partial charge in [-0.1, -0.05) is 55.5 Å². The van der Waals surface area contributed by atoms with Crippen LogP contribution in [0, 0.1) is 5.92 Å². The van der Waals surface area contributed by atoms with Gasteiger partial charge in [-0.15, -0.1) is 11.8 Å². The molecule has 2 bridgehead atoms. The van der Waals surface area contributed by atoms with Crippen LogP contribution in [0.4, 0.5) is 11.4 Å². The molecule has 1 aromatic carbocycles. The van der Waals surface area contributed by atoms with Gasteiger partial charge in [-0.25, -0.2) is 4.79 Å². The zero-order valence-corrected chi connectivity index (χ0v) is 30.4. The summed E-state index contributed by atoms with van der Waals surface area (Å²) in [5.74, 6) is -1.66. The van der Waals surface area contributed by atoms with Crippen molar-refractivity contribution >= 4 is 46.8 Å². The molecule has 2 aliphatic carbocycles. The summed E-state index contributed by atoms with van der Waals surface area (Å²) < 4.78 is 11.6. The number of esters is 1. The van der Waals surface area contributed by atoms with E-state index in [-0.39, 0.29) is 41.3 Å². The van der Waals surface area contributed by atoms with E-state index in [4.69, 9.17) is 9.47 Å². The molecule has 51 heavy (non-hydrogen) atoms. The van der Waals surface area contributed by atoms with E-state index in [0.717, 1.165) is 24.8 Å². The van der Waals surface area contributed by atoms with Crippen molar-refractivity contribution in [1.29, 1.82) is 0 Å². The minimum atomic E-state index is -1.05. The van der Waals surface area contributed by atoms with Crippen LogP contribution in [0.3, 0.4) is 0 Å². The Morgan fingerprint density at radius 3 is 2.53 bits per heavy atom. The fourth-order valence-electron chi connectivity index (χ4n) is 6.46. The van der Waals surface area contributed by atoms with Gasteiger partial charge in [0, 0.05) is 25.0 Å². The summed E-state index contributed by atoms with van der Waals surface area (Å²) in [4.78, 5) is 52.5. The monoisotopic (exact) mass is 719 g/mol. The highest BCUT2D eigenvalue weighted by molar-refractivity contribution is 8.00. The molecule has 4 atom stereocenters. The maximum Gasteiger partial charge on any atom is 0.332 e. The molecule has 0 aromatic heterocycles. The number of aryl methyl sites for hydroxylation is 1. The van der Waals surface area contributed by atoms with E-state index in [9.17, 15) is 29.4 Å². The number of methoxy groups -OCH3 is 1. The van der Waals surface area contributed by atoms with E-state index in [0.29, 0.717) is 60.2 Å². The Hall–Kier alpha value is -4.13. The van der Waals surface area contributed by atoms with Gasteiger partial charge in [-0.05, 0) is 75.5 Å². The highest BCUT2D eigenvalue weighted by atomic mass is 32.2. The highest BCUT2D eigenvalue weighted by Gasteiger charge is 2.54. The first-order chi connectivity index (χ1) is 24.5. The molecule has 4 aliphatic rings. The summed E-state index contributed by atoms with van der Waals surface area (Å²) in [6, 6.07) is 1.72. The molecule has 1 saturated carbocycles. The number of fused-ring (bicyclic) bond motifs is 4. The number of aromatic hydroxyl groups is 1. The number of benzene rings is 1. The number of carbonyl (C=O) groups is 4. The first-order valence-corrected chi connectivity index (χ1v) is 18.7. The third-order valence-electron chi connectivity index (χ3n) is 9.84. The molecule has 1 fully saturated rings. The number of phenolic OH excluding ortho intramolecular Hbond substituents is 1. The lowest BCUT2D eigenvalue weighted by atomic mass is 9.90. The summed E-state index contributed by atoms with van der Waals surface area (Å²) in [6.45, 7) is 3.64. The van der Waals surface area contributed by atoms with Crippen molar-refractivity contribution in [1.82, 2.24) is 5.32 Å². The van der Waals surface area contributed by atoms with E-state index in [2.05, 4.69) is 16.0 Å². The molecule has 2 heterocycles. The number of nitrogens with one attached hydrogen (secondary N) is 3.